The first-order valence-corrected chi connectivity index (χ1v) is 9.45. The van der Waals surface area contributed by atoms with E-state index in [1.807, 2.05) is 36.1 Å². The van der Waals surface area contributed by atoms with Gasteiger partial charge in [-0.05, 0) is 25.5 Å². The SMILES string of the molecule is CCNC(=NCCc1nc2ccccc2[nH]1)NC1CCN(C(=O)CC)C1. The van der Waals surface area contributed by atoms with Crippen LogP contribution in [-0.4, -0.2) is 59.0 Å². The zero-order chi connectivity index (χ0) is 18.4. The van der Waals surface area contributed by atoms with Gasteiger partial charge >= 0.3 is 0 Å². The number of aromatic nitrogens is 2. The lowest BCUT2D eigenvalue weighted by atomic mass is 10.3. The first-order chi connectivity index (χ1) is 12.7. The van der Waals surface area contributed by atoms with Crippen LogP contribution in [0.4, 0.5) is 0 Å². The Hall–Kier alpha value is -2.57. The van der Waals surface area contributed by atoms with Crippen molar-refractivity contribution in [2.24, 2.45) is 4.99 Å². The van der Waals surface area contributed by atoms with Crippen molar-refractivity contribution in [3.63, 3.8) is 0 Å². The summed E-state index contributed by atoms with van der Waals surface area (Å²) in [7, 11) is 0. The number of amides is 1. The number of carbonyl (C=O) groups excluding carboxylic acids is 1. The number of benzene rings is 1. The Morgan fingerprint density at radius 2 is 2.23 bits per heavy atom. The Balaban J connectivity index is 1.54. The van der Waals surface area contributed by atoms with E-state index in [9.17, 15) is 4.79 Å². The molecule has 0 radical (unpaired) electrons. The molecule has 140 valence electrons. The minimum Gasteiger partial charge on any atom is -0.357 e. The van der Waals surface area contributed by atoms with Crippen molar-refractivity contribution in [1.29, 1.82) is 0 Å². The van der Waals surface area contributed by atoms with E-state index in [0.717, 1.165) is 55.3 Å². The normalized spacial score (nSPS) is 17.7. The van der Waals surface area contributed by atoms with E-state index in [2.05, 4.69) is 32.5 Å². The van der Waals surface area contributed by atoms with E-state index < -0.39 is 0 Å². The van der Waals surface area contributed by atoms with Crippen molar-refractivity contribution in [1.82, 2.24) is 25.5 Å². The summed E-state index contributed by atoms with van der Waals surface area (Å²) in [6.45, 7) is 6.99. The van der Waals surface area contributed by atoms with Gasteiger partial charge in [0.05, 0.1) is 11.0 Å². The Morgan fingerprint density at radius 1 is 1.38 bits per heavy atom. The topological polar surface area (TPSA) is 85.4 Å². The molecule has 0 spiro atoms. The number of carbonyl (C=O) groups is 1. The number of nitrogens with zero attached hydrogens (tertiary/aromatic N) is 3. The summed E-state index contributed by atoms with van der Waals surface area (Å²) in [5.41, 5.74) is 2.05. The van der Waals surface area contributed by atoms with Crippen LogP contribution in [0.5, 0.6) is 0 Å². The van der Waals surface area contributed by atoms with E-state index in [-0.39, 0.29) is 11.9 Å². The molecule has 1 atom stereocenters. The molecular weight excluding hydrogens is 328 g/mol. The van der Waals surface area contributed by atoms with Gasteiger partial charge in [0.2, 0.25) is 5.91 Å². The molecule has 1 fully saturated rings. The third-order valence-electron chi connectivity index (χ3n) is 4.59. The predicted octanol–water partition coefficient (Wildman–Crippen LogP) is 1.67. The summed E-state index contributed by atoms with van der Waals surface area (Å²) in [4.78, 5) is 26.3. The summed E-state index contributed by atoms with van der Waals surface area (Å²) >= 11 is 0. The van der Waals surface area contributed by atoms with Gasteiger partial charge in [-0.1, -0.05) is 19.1 Å². The van der Waals surface area contributed by atoms with Crippen molar-refractivity contribution in [3.8, 4) is 0 Å². The molecule has 2 aromatic rings. The van der Waals surface area contributed by atoms with Crippen molar-refractivity contribution in [3.05, 3.63) is 30.1 Å². The van der Waals surface area contributed by atoms with Gasteiger partial charge < -0.3 is 20.5 Å². The molecule has 3 rings (SSSR count). The van der Waals surface area contributed by atoms with Gasteiger partial charge in [0.1, 0.15) is 5.82 Å². The maximum atomic E-state index is 11.8. The number of imidazole rings is 1. The fraction of sp³-hybridized carbons (Fsp3) is 0.526. The molecule has 3 N–H and O–H groups in total. The number of fused-ring (bicyclic) bond motifs is 1. The van der Waals surface area contributed by atoms with Crippen molar-refractivity contribution >= 4 is 22.9 Å². The van der Waals surface area contributed by atoms with Crippen molar-refractivity contribution in [2.75, 3.05) is 26.2 Å². The Bertz CT molecular complexity index is 735. The quantitative estimate of drug-likeness (QED) is 0.543. The molecule has 1 amide bonds. The molecule has 0 saturated carbocycles. The highest BCUT2D eigenvalue weighted by molar-refractivity contribution is 5.80. The summed E-state index contributed by atoms with van der Waals surface area (Å²) < 4.78 is 0. The van der Waals surface area contributed by atoms with E-state index in [1.165, 1.54) is 0 Å². The Morgan fingerprint density at radius 3 is 3.00 bits per heavy atom. The van der Waals surface area contributed by atoms with Gasteiger partial charge in [-0.2, -0.15) is 0 Å². The molecule has 0 bridgehead atoms. The fourth-order valence-electron chi connectivity index (χ4n) is 3.24. The molecule has 1 saturated heterocycles. The highest BCUT2D eigenvalue weighted by Gasteiger charge is 2.25. The molecule has 7 nitrogen and oxygen atoms in total. The predicted molar refractivity (Wildman–Crippen MR) is 104 cm³/mol. The maximum absolute atomic E-state index is 11.8. The molecule has 0 aliphatic carbocycles. The van der Waals surface area contributed by atoms with Gasteiger partial charge in [0.25, 0.3) is 0 Å². The molecule has 1 unspecified atom stereocenters. The number of nitrogens with one attached hydrogen (secondary N) is 3. The lowest BCUT2D eigenvalue weighted by Crippen LogP contribution is -2.45. The van der Waals surface area contributed by atoms with Gasteiger partial charge in [0.15, 0.2) is 5.96 Å². The van der Waals surface area contributed by atoms with Crippen LogP contribution >= 0.6 is 0 Å². The second-order valence-electron chi connectivity index (χ2n) is 6.53. The van der Waals surface area contributed by atoms with E-state index >= 15 is 0 Å². The molecule has 1 aromatic carbocycles. The van der Waals surface area contributed by atoms with Crippen LogP contribution in [0.25, 0.3) is 11.0 Å². The molecule has 1 aliphatic heterocycles. The van der Waals surface area contributed by atoms with Crippen LogP contribution in [-0.2, 0) is 11.2 Å². The number of hydrogen-bond donors (Lipinski definition) is 3. The van der Waals surface area contributed by atoms with Gasteiger partial charge in [0, 0.05) is 45.1 Å². The highest BCUT2D eigenvalue weighted by Crippen LogP contribution is 2.11. The third kappa shape index (κ3) is 4.53. The maximum Gasteiger partial charge on any atom is 0.222 e. The minimum atomic E-state index is 0.223. The summed E-state index contributed by atoms with van der Waals surface area (Å²) in [5, 5.41) is 6.74. The van der Waals surface area contributed by atoms with Crippen LogP contribution in [0.1, 0.15) is 32.5 Å². The van der Waals surface area contributed by atoms with Crippen LogP contribution in [0, 0.1) is 0 Å². The summed E-state index contributed by atoms with van der Waals surface area (Å²) in [5.74, 6) is 1.98. The molecule has 7 heteroatoms. The van der Waals surface area contributed by atoms with E-state index in [0.29, 0.717) is 13.0 Å². The molecular formula is C19H28N6O. The second kappa shape index (κ2) is 8.69. The summed E-state index contributed by atoms with van der Waals surface area (Å²) in [6, 6.07) is 8.29. The average Bonchev–Trinajstić information content (AvgIpc) is 3.27. The number of para-hydroxylation sites is 2. The fourth-order valence-corrected chi connectivity index (χ4v) is 3.24. The van der Waals surface area contributed by atoms with E-state index in [4.69, 9.17) is 0 Å². The number of likely N-dealkylation sites (tertiary alicyclic amines) is 1. The Labute approximate surface area is 154 Å². The smallest absolute Gasteiger partial charge is 0.222 e. The third-order valence-corrected chi connectivity index (χ3v) is 4.59. The minimum absolute atomic E-state index is 0.223. The average molecular weight is 356 g/mol. The largest absolute Gasteiger partial charge is 0.357 e. The first-order valence-electron chi connectivity index (χ1n) is 9.45. The molecule has 1 aromatic heterocycles. The molecule has 2 heterocycles. The van der Waals surface area contributed by atoms with Gasteiger partial charge in [-0.15, -0.1) is 0 Å². The summed E-state index contributed by atoms with van der Waals surface area (Å²) in [6.07, 6.45) is 2.29. The number of guanidine groups is 1. The standard InChI is InChI=1S/C19H28N6O/c1-3-18(26)25-12-10-14(13-25)22-19(20-4-2)21-11-9-17-23-15-7-5-6-8-16(15)24-17/h5-8,14H,3-4,9-13H2,1-2H3,(H,23,24)(H2,20,21,22). The van der Waals surface area contributed by atoms with Crippen LogP contribution in [0.3, 0.4) is 0 Å². The lowest BCUT2D eigenvalue weighted by Gasteiger charge is -2.18. The number of rotatable bonds is 6. The zero-order valence-corrected chi connectivity index (χ0v) is 15.6. The van der Waals surface area contributed by atoms with E-state index in [1.54, 1.807) is 0 Å². The zero-order valence-electron chi connectivity index (χ0n) is 15.6. The number of aromatic amines is 1. The van der Waals surface area contributed by atoms with Crippen LogP contribution in [0.2, 0.25) is 0 Å². The number of H-pyrrole nitrogens is 1. The lowest BCUT2D eigenvalue weighted by molar-refractivity contribution is -0.129. The highest BCUT2D eigenvalue weighted by atomic mass is 16.2. The molecule has 1 aliphatic rings. The van der Waals surface area contributed by atoms with Crippen molar-refractivity contribution in [2.45, 2.75) is 39.2 Å². The number of aliphatic imine (C=N–C) groups is 1. The second-order valence-corrected chi connectivity index (χ2v) is 6.53. The van der Waals surface area contributed by atoms with Crippen LogP contribution in [0.15, 0.2) is 29.3 Å². The number of hydrogen-bond acceptors (Lipinski definition) is 3. The van der Waals surface area contributed by atoms with Crippen LogP contribution < -0.4 is 10.6 Å². The monoisotopic (exact) mass is 356 g/mol. The van der Waals surface area contributed by atoms with Gasteiger partial charge in [-0.25, -0.2) is 4.98 Å². The van der Waals surface area contributed by atoms with Crippen molar-refractivity contribution < 1.29 is 4.79 Å². The first kappa shape index (κ1) is 18.2. The van der Waals surface area contributed by atoms with Gasteiger partial charge in [-0.3, -0.25) is 9.79 Å². The Kier molecular flexibility index (Phi) is 6.09. The molecule has 26 heavy (non-hydrogen) atoms.